The van der Waals surface area contributed by atoms with Crippen molar-refractivity contribution in [1.29, 1.82) is 0 Å². The van der Waals surface area contributed by atoms with Crippen LogP contribution in [0.15, 0.2) is 75.7 Å². The fraction of sp³-hybridized carbons (Fsp3) is 0.231. The van der Waals surface area contributed by atoms with Gasteiger partial charge >= 0.3 is 0 Å². The molecular weight excluding hydrogens is 548 g/mol. The highest BCUT2D eigenvalue weighted by Crippen LogP contribution is 2.55. The van der Waals surface area contributed by atoms with E-state index in [1.807, 2.05) is 30.3 Å². The molecule has 0 fully saturated rings. The van der Waals surface area contributed by atoms with E-state index in [4.69, 9.17) is 4.74 Å². The Morgan fingerprint density at radius 1 is 1.09 bits per heavy atom. The molecule has 1 unspecified atom stereocenters. The number of rotatable bonds is 3. The highest BCUT2D eigenvalue weighted by atomic mass is 79.9. The van der Waals surface area contributed by atoms with Crippen LogP contribution in [0, 0.1) is 10.1 Å². The van der Waals surface area contributed by atoms with Crippen molar-refractivity contribution in [2.45, 2.75) is 30.8 Å². The summed E-state index contributed by atoms with van der Waals surface area (Å²) in [5, 5.41) is 13.7. The van der Waals surface area contributed by atoms with Crippen LogP contribution in [0.5, 0.6) is 5.75 Å². The van der Waals surface area contributed by atoms with Gasteiger partial charge in [0.05, 0.1) is 10.4 Å². The largest absolute Gasteiger partial charge is 0.485 e. The number of benzene rings is 3. The molecule has 0 saturated heterocycles. The first-order valence-corrected chi connectivity index (χ1v) is 12.5. The van der Waals surface area contributed by atoms with Crippen LogP contribution in [-0.4, -0.2) is 21.6 Å². The van der Waals surface area contributed by atoms with E-state index in [9.17, 15) is 10.1 Å². The smallest absolute Gasteiger partial charge is 0.266 e. The average Bonchev–Trinajstić information content (AvgIpc) is 3.12. The summed E-state index contributed by atoms with van der Waals surface area (Å²) in [6.07, 6.45) is 1.08. The second-order valence-electron chi connectivity index (χ2n) is 8.84. The Bertz CT molecular complexity index is 1420. The summed E-state index contributed by atoms with van der Waals surface area (Å²) in [4.78, 5) is 12.5. The number of halogens is 2. The SMILES string of the molecule is O=[N+]([O-])[C@@]12CCc3c(c4ccccc4n3Cc3ccccc3)C1c1cc(Br)cc(Br)c1OC2. The second kappa shape index (κ2) is 7.71. The molecule has 1 aliphatic heterocycles. The van der Waals surface area contributed by atoms with Crippen LogP contribution >= 0.6 is 31.9 Å². The van der Waals surface area contributed by atoms with E-state index in [1.54, 1.807) is 0 Å². The molecule has 5 nitrogen and oxygen atoms in total. The van der Waals surface area contributed by atoms with Crippen molar-refractivity contribution < 1.29 is 9.66 Å². The van der Waals surface area contributed by atoms with Gasteiger partial charge in [0.2, 0.25) is 0 Å². The molecule has 7 heteroatoms. The molecule has 0 bridgehead atoms. The zero-order chi connectivity index (χ0) is 22.7. The van der Waals surface area contributed by atoms with Gasteiger partial charge in [0.1, 0.15) is 5.75 Å². The lowest BCUT2D eigenvalue weighted by Crippen LogP contribution is -2.54. The highest BCUT2D eigenvalue weighted by molar-refractivity contribution is 9.11. The number of hydrogen-bond acceptors (Lipinski definition) is 3. The van der Waals surface area contributed by atoms with E-state index >= 15 is 0 Å². The van der Waals surface area contributed by atoms with E-state index < -0.39 is 11.5 Å². The van der Waals surface area contributed by atoms with Crippen molar-refractivity contribution >= 4 is 42.8 Å². The van der Waals surface area contributed by atoms with E-state index in [1.165, 1.54) is 11.3 Å². The number of hydrogen-bond donors (Lipinski definition) is 0. The molecular formula is C26H20Br2N2O3. The summed E-state index contributed by atoms with van der Waals surface area (Å²) < 4.78 is 10.1. The van der Waals surface area contributed by atoms with E-state index in [2.05, 4.69) is 72.8 Å². The van der Waals surface area contributed by atoms with Crippen molar-refractivity contribution in [2.75, 3.05) is 6.61 Å². The maximum atomic E-state index is 12.6. The topological polar surface area (TPSA) is 57.3 Å². The minimum absolute atomic E-state index is 0.0650. The Hall–Kier alpha value is -2.64. The maximum absolute atomic E-state index is 12.6. The normalized spacial score (nSPS) is 21.1. The van der Waals surface area contributed by atoms with Crippen LogP contribution in [0.1, 0.15) is 34.7 Å². The lowest BCUT2D eigenvalue weighted by atomic mass is 9.67. The number of nitrogens with zero attached hydrogens (tertiary/aromatic N) is 2. The summed E-state index contributed by atoms with van der Waals surface area (Å²) >= 11 is 7.20. The van der Waals surface area contributed by atoms with E-state index in [-0.39, 0.29) is 11.5 Å². The Labute approximate surface area is 207 Å². The monoisotopic (exact) mass is 566 g/mol. The minimum Gasteiger partial charge on any atom is -0.485 e. The van der Waals surface area contributed by atoms with Crippen molar-refractivity contribution in [3.63, 3.8) is 0 Å². The van der Waals surface area contributed by atoms with Gasteiger partial charge in [-0.05, 0) is 51.7 Å². The van der Waals surface area contributed by atoms with Crippen molar-refractivity contribution in [3.05, 3.63) is 108 Å². The van der Waals surface area contributed by atoms with Gasteiger partial charge < -0.3 is 9.30 Å². The number of fused-ring (bicyclic) bond motifs is 7. The van der Waals surface area contributed by atoms with Gasteiger partial charge in [0, 0.05) is 44.5 Å². The van der Waals surface area contributed by atoms with Crippen LogP contribution in [0.25, 0.3) is 10.9 Å². The maximum Gasteiger partial charge on any atom is 0.266 e. The summed E-state index contributed by atoms with van der Waals surface area (Å²) in [6.45, 7) is 0.802. The van der Waals surface area contributed by atoms with Crippen LogP contribution in [0.4, 0.5) is 0 Å². The van der Waals surface area contributed by atoms with Gasteiger partial charge in [-0.1, -0.05) is 64.5 Å². The number of nitro groups is 1. The van der Waals surface area contributed by atoms with Crippen LogP contribution in [0.2, 0.25) is 0 Å². The van der Waals surface area contributed by atoms with Gasteiger partial charge in [0.25, 0.3) is 5.54 Å². The van der Waals surface area contributed by atoms with Gasteiger partial charge in [0.15, 0.2) is 6.61 Å². The molecule has 4 aromatic rings. The zero-order valence-electron chi connectivity index (χ0n) is 17.6. The first kappa shape index (κ1) is 20.9. The molecule has 3 aromatic carbocycles. The second-order valence-corrected chi connectivity index (χ2v) is 10.6. The Kier molecular flexibility index (Phi) is 4.89. The van der Waals surface area contributed by atoms with Crippen molar-refractivity contribution in [1.82, 2.24) is 4.57 Å². The van der Waals surface area contributed by atoms with Gasteiger partial charge in [-0.15, -0.1) is 0 Å². The molecule has 1 aromatic heterocycles. The third-order valence-corrected chi connectivity index (χ3v) is 8.15. The summed E-state index contributed by atoms with van der Waals surface area (Å²) in [5.41, 5.74) is 4.26. The quantitative estimate of drug-likeness (QED) is 0.204. The summed E-state index contributed by atoms with van der Waals surface area (Å²) in [7, 11) is 0. The van der Waals surface area contributed by atoms with Gasteiger partial charge in [-0.3, -0.25) is 10.1 Å². The molecule has 2 atom stereocenters. The molecule has 0 spiro atoms. The predicted octanol–water partition coefficient (Wildman–Crippen LogP) is 6.70. The molecule has 0 amide bonds. The fourth-order valence-electron chi connectivity index (χ4n) is 5.66. The lowest BCUT2D eigenvalue weighted by Gasteiger charge is -2.41. The molecule has 6 rings (SSSR count). The average molecular weight is 568 g/mol. The van der Waals surface area contributed by atoms with Gasteiger partial charge in [-0.2, -0.15) is 0 Å². The number of para-hydroxylation sites is 1. The fourth-order valence-corrected chi connectivity index (χ4v) is 7.04. The van der Waals surface area contributed by atoms with Crippen LogP contribution in [-0.2, 0) is 13.0 Å². The molecule has 33 heavy (non-hydrogen) atoms. The van der Waals surface area contributed by atoms with Crippen LogP contribution < -0.4 is 4.74 Å². The van der Waals surface area contributed by atoms with Crippen molar-refractivity contribution in [2.24, 2.45) is 0 Å². The number of ether oxygens (including phenoxy) is 1. The van der Waals surface area contributed by atoms with Crippen molar-refractivity contribution in [3.8, 4) is 5.75 Å². The molecule has 1 aliphatic carbocycles. The van der Waals surface area contributed by atoms with E-state index in [0.717, 1.165) is 37.5 Å². The standard InChI is InChI=1S/C26H20Br2N2O3/c27-17-12-19-24-23-18-8-4-5-9-21(18)29(14-16-6-2-1-3-7-16)22(23)10-11-26(24,30(31)32)15-33-25(19)20(28)13-17/h1-9,12-13,24H,10-11,14-15H2/t24?,26-/m1/s1. The summed E-state index contributed by atoms with van der Waals surface area (Å²) in [5.74, 6) is 0.309. The zero-order valence-corrected chi connectivity index (χ0v) is 20.8. The highest BCUT2D eigenvalue weighted by Gasteiger charge is 2.59. The summed E-state index contributed by atoms with van der Waals surface area (Å²) in [6, 6.07) is 22.6. The first-order chi connectivity index (χ1) is 16.0. The predicted molar refractivity (Wildman–Crippen MR) is 135 cm³/mol. The molecule has 2 aliphatic rings. The first-order valence-electron chi connectivity index (χ1n) is 10.9. The molecule has 0 N–H and O–H groups in total. The lowest BCUT2D eigenvalue weighted by molar-refractivity contribution is -0.579. The third-order valence-electron chi connectivity index (χ3n) is 7.10. The molecule has 0 saturated carbocycles. The Morgan fingerprint density at radius 2 is 1.85 bits per heavy atom. The molecule has 0 radical (unpaired) electrons. The Morgan fingerprint density at radius 3 is 2.64 bits per heavy atom. The van der Waals surface area contributed by atoms with Crippen LogP contribution in [0.3, 0.4) is 0 Å². The third kappa shape index (κ3) is 3.09. The number of aromatic nitrogens is 1. The molecule has 2 heterocycles. The Balaban J connectivity index is 1.66. The molecule has 166 valence electrons. The van der Waals surface area contributed by atoms with Gasteiger partial charge in [-0.25, -0.2) is 0 Å². The van der Waals surface area contributed by atoms with E-state index in [0.29, 0.717) is 18.6 Å². The minimum atomic E-state index is -1.19.